The SMILES string of the molecule is CCCc1cccc(C(NN)c2cncc(F)c2)c1. The van der Waals surface area contributed by atoms with Gasteiger partial charge in [0.15, 0.2) is 0 Å². The fraction of sp³-hybridized carbons (Fsp3) is 0.267. The van der Waals surface area contributed by atoms with E-state index in [1.165, 1.54) is 17.8 Å². The summed E-state index contributed by atoms with van der Waals surface area (Å²) < 4.78 is 13.2. The van der Waals surface area contributed by atoms with Gasteiger partial charge in [-0.1, -0.05) is 37.6 Å². The predicted molar refractivity (Wildman–Crippen MR) is 73.8 cm³/mol. The molecule has 0 spiro atoms. The molecule has 2 rings (SSSR count). The van der Waals surface area contributed by atoms with E-state index in [0.717, 1.165) is 24.0 Å². The van der Waals surface area contributed by atoms with Gasteiger partial charge in [0.05, 0.1) is 12.2 Å². The molecule has 0 fully saturated rings. The van der Waals surface area contributed by atoms with Crippen molar-refractivity contribution in [2.24, 2.45) is 5.84 Å². The van der Waals surface area contributed by atoms with E-state index >= 15 is 0 Å². The average molecular weight is 259 g/mol. The Morgan fingerprint density at radius 3 is 2.79 bits per heavy atom. The molecule has 0 saturated carbocycles. The first kappa shape index (κ1) is 13.6. The number of benzene rings is 1. The maximum absolute atomic E-state index is 13.2. The van der Waals surface area contributed by atoms with E-state index in [4.69, 9.17) is 5.84 Å². The van der Waals surface area contributed by atoms with Crippen LogP contribution in [0.2, 0.25) is 0 Å². The Kier molecular flexibility index (Phi) is 4.60. The maximum Gasteiger partial charge on any atom is 0.141 e. The molecule has 0 amide bonds. The van der Waals surface area contributed by atoms with Gasteiger partial charge in [-0.15, -0.1) is 0 Å². The van der Waals surface area contributed by atoms with E-state index in [0.29, 0.717) is 0 Å². The van der Waals surface area contributed by atoms with Crippen LogP contribution >= 0.6 is 0 Å². The van der Waals surface area contributed by atoms with Crippen LogP contribution in [-0.4, -0.2) is 4.98 Å². The Morgan fingerprint density at radius 2 is 2.11 bits per heavy atom. The molecule has 4 heteroatoms. The van der Waals surface area contributed by atoms with Crippen LogP contribution in [0.15, 0.2) is 42.7 Å². The summed E-state index contributed by atoms with van der Waals surface area (Å²) in [6.45, 7) is 2.14. The Bertz CT molecular complexity index is 542. The minimum Gasteiger partial charge on any atom is -0.271 e. The van der Waals surface area contributed by atoms with Crippen molar-refractivity contribution in [3.63, 3.8) is 0 Å². The smallest absolute Gasteiger partial charge is 0.141 e. The van der Waals surface area contributed by atoms with Crippen molar-refractivity contribution in [2.75, 3.05) is 0 Å². The molecule has 1 heterocycles. The van der Waals surface area contributed by atoms with Crippen molar-refractivity contribution in [3.05, 3.63) is 65.2 Å². The summed E-state index contributed by atoms with van der Waals surface area (Å²) in [5.74, 6) is 5.25. The number of aryl methyl sites for hydroxylation is 1. The lowest BCUT2D eigenvalue weighted by Gasteiger charge is -2.17. The highest BCUT2D eigenvalue weighted by Gasteiger charge is 2.13. The lowest BCUT2D eigenvalue weighted by atomic mass is 9.97. The Morgan fingerprint density at radius 1 is 1.26 bits per heavy atom. The van der Waals surface area contributed by atoms with Crippen LogP contribution in [-0.2, 0) is 6.42 Å². The molecule has 0 aliphatic rings. The summed E-state index contributed by atoms with van der Waals surface area (Å²) in [6.07, 6.45) is 4.92. The first-order chi connectivity index (χ1) is 9.24. The molecule has 0 radical (unpaired) electrons. The van der Waals surface area contributed by atoms with Crippen molar-refractivity contribution in [2.45, 2.75) is 25.8 Å². The normalized spacial score (nSPS) is 12.4. The number of aromatic nitrogens is 1. The molecule has 1 aromatic carbocycles. The number of rotatable bonds is 5. The number of hydrazine groups is 1. The largest absolute Gasteiger partial charge is 0.271 e. The van der Waals surface area contributed by atoms with E-state index < -0.39 is 0 Å². The second-order valence-electron chi connectivity index (χ2n) is 4.53. The van der Waals surface area contributed by atoms with Crippen molar-refractivity contribution in [1.82, 2.24) is 10.4 Å². The molecule has 100 valence electrons. The third-order valence-electron chi connectivity index (χ3n) is 3.05. The molecule has 3 nitrogen and oxygen atoms in total. The van der Waals surface area contributed by atoms with Gasteiger partial charge in [0.25, 0.3) is 0 Å². The van der Waals surface area contributed by atoms with Gasteiger partial charge < -0.3 is 0 Å². The highest BCUT2D eigenvalue weighted by atomic mass is 19.1. The van der Waals surface area contributed by atoms with E-state index in [-0.39, 0.29) is 11.9 Å². The fourth-order valence-electron chi connectivity index (χ4n) is 2.19. The maximum atomic E-state index is 13.2. The minimum absolute atomic E-state index is 0.250. The third-order valence-corrected chi connectivity index (χ3v) is 3.05. The van der Waals surface area contributed by atoms with Gasteiger partial charge in [-0.2, -0.15) is 0 Å². The zero-order valence-electron chi connectivity index (χ0n) is 10.9. The fourth-order valence-corrected chi connectivity index (χ4v) is 2.19. The average Bonchev–Trinajstić information content (AvgIpc) is 2.41. The van der Waals surface area contributed by atoms with Gasteiger partial charge >= 0.3 is 0 Å². The number of hydrogen-bond acceptors (Lipinski definition) is 3. The molecule has 1 atom stereocenters. The summed E-state index contributed by atoms with van der Waals surface area (Å²) in [5.41, 5.74) is 5.71. The molecule has 3 N–H and O–H groups in total. The van der Waals surface area contributed by atoms with Crippen LogP contribution in [0, 0.1) is 5.82 Å². The van der Waals surface area contributed by atoms with Crippen LogP contribution in [0.4, 0.5) is 4.39 Å². The Balaban J connectivity index is 2.33. The zero-order valence-corrected chi connectivity index (χ0v) is 10.9. The lowest BCUT2D eigenvalue weighted by Crippen LogP contribution is -2.29. The van der Waals surface area contributed by atoms with Gasteiger partial charge in [0.2, 0.25) is 0 Å². The van der Waals surface area contributed by atoms with Crippen LogP contribution < -0.4 is 11.3 Å². The molecule has 1 unspecified atom stereocenters. The van der Waals surface area contributed by atoms with Crippen molar-refractivity contribution < 1.29 is 4.39 Å². The van der Waals surface area contributed by atoms with Crippen molar-refractivity contribution in [3.8, 4) is 0 Å². The number of nitrogens with one attached hydrogen (secondary N) is 1. The van der Waals surface area contributed by atoms with Crippen molar-refractivity contribution in [1.29, 1.82) is 0 Å². The molecule has 1 aromatic heterocycles. The van der Waals surface area contributed by atoms with Gasteiger partial charge in [-0.25, -0.2) is 9.82 Å². The molecule has 19 heavy (non-hydrogen) atoms. The third kappa shape index (κ3) is 3.36. The molecular weight excluding hydrogens is 241 g/mol. The van der Waals surface area contributed by atoms with Crippen LogP contribution in [0.3, 0.4) is 0 Å². The summed E-state index contributed by atoms with van der Waals surface area (Å²) in [6, 6.07) is 9.36. The second kappa shape index (κ2) is 6.41. The standard InChI is InChI=1S/C15H18FN3/c1-2-4-11-5-3-6-12(7-11)15(19-17)13-8-14(16)10-18-9-13/h3,5-10,15,19H,2,4,17H2,1H3. The first-order valence-corrected chi connectivity index (χ1v) is 6.40. The summed E-state index contributed by atoms with van der Waals surface area (Å²) in [5, 5.41) is 0. The van der Waals surface area contributed by atoms with E-state index in [9.17, 15) is 4.39 Å². The summed E-state index contributed by atoms with van der Waals surface area (Å²) in [7, 11) is 0. The second-order valence-corrected chi connectivity index (χ2v) is 4.53. The number of nitrogens with two attached hydrogens (primary N) is 1. The molecule has 0 aliphatic heterocycles. The van der Waals surface area contributed by atoms with Crippen LogP contribution in [0.5, 0.6) is 0 Å². The van der Waals surface area contributed by atoms with E-state index in [1.807, 2.05) is 12.1 Å². The summed E-state index contributed by atoms with van der Waals surface area (Å²) >= 11 is 0. The first-order valence-electron chi connectivity index (χ1n) is 6.40. The summed E-state index contributed by atoms with van der Waals surface area (Å²) in [4.78, 5) is 3.87. The molecule has 0 aliphatic carbocycles. The topological polar surface area (TPSA) is 50.9 Å². The van der Waals surface area contributed by atoms with Crippen LogP contribution in [0.25, 0.3) is 0 Å². The zero-order chi connectivity index (χ0) is 13.7. The molecule has 2 aromatic rings. The molecule has 0 saturated heterocycles. The molecule has 0 bridgehead atoms. The number of pyridine rings is 1. The van der Waals surface area contributed by atoms with Gasteiger partial charge in [0.1, 0.15) is 5.82 Å². The number of hydrogen-bond donors (Lipinski definition) is 2. The van der Waals surface area contributed by atoms with E-state index in [1.54, 1.807) is 6.20 Å². The molecular formula is C15H18FN3. The Labute approximate surface area is 112 Å². The number of nitrogens with zero attached hydrogens (tertiary/aromatic N) is 1. The monoisotopic (exact) mass is 259 g/mol. The highest BCUT2D eigenvalue weighted by Crippen LogP contribution is 2.22. The van der Waals surface area contributed by atoms with Gasteiger partial charge in [-0.05, 0) is 29.2 Å². The predicted octanol–water partition coefficient (Wildman–Crippen LogP) is 2.73. The minimum atomic E-state index is -0.359. The van der Waals surface area contributed by atoms with Gasteiger partial charge in [0, 0.05) is 6.20 Å². The van der Waals surface area contributed by atoms with Gasteiger partial charge in [-0.3, -0.25) is 10.8 Å². The van der Waals surface area contributed by atoms with Crippen molar-refractivity contribution >= 4 is 0 Å². The van der Waals surface area contributed by atoms with Crippen LogP contribution in [0.1, 0.15) is 36.1 Å². The van der Waals surface area contributed by atoms with E-state index in [2.05, 4.69) is 29.5 Å². The lowest BCUT2D eigenvalue weighted by molar-refractivity contribution is 0.597. The quantitative estimate of drug-likeness (QED) is 0.641. The number of halogens is 1. The Hall–Kier alpha value is -1.78. The highest BCUT2D eigenvalue weighted by molar-refractivity contribution is 5.33.